The molecule has 0 saturated heterocycles. The van der Waals surface area contributed by atoms with Crippen molar-refractivity contribution in [2.24, 2.45) is 11.2 Å². The van der Waals surface area contributed by atoms with Crippen LogP contribution in [0.25, 0.3) is 0 Å². The van der Waals surface area contributed by atoms with E-state index in [1.54, 1.807) is 6.92 Å². The van der Waals surface area contributed by atoms with Gasteiger partial charge in [-0.05, 0) is 24.1 Å². The maximum absolute atomic E-state index is 9.98. The Morgan fingerprint density at radius 3 is 2.20 bits per heavy atom. The Hall–Kier alpha value is -0.280. The molecule has 0 aliphatic carbocycles. The summed E-state index contributed by atoms with van der Waals surface area (Å²) in [5, 5.41) is 14.0. The maximum Gasteiger partial charge on any atom is 0.0442 e. The lowest BCUT2D eigenvalue weighted by atomic mass is 10.1. The number of carbonyl (C=O) groups excluding carboxylic acids is 1. The lowest BCUT2D eigenvalue weighted by Gasteiger charge is -2.08. The summed E-state index contributed by atoms with van der Waals surface area (Å²) in [5.41, 5.74) is 0. The monoisotopic (exact) mass is 166 g/mol. The van der Waals surface area contributed by atoms with Gasteiger partial charge in [0.2, 0.25) is 0 Å². The Morgan fingerprint density at radius 1 is 1.70 bits per heavy atom. The largest absolute Gasteiger partial charge is 0.550 e. The molecule has 3 nitrogen and oxygen atoms in total. The van der Waals surface area contributed by atoms with Crippen LogP contribution in [0.5, 0.6) is 0 Å². The number of aliphatic carboxylic acids is 1. The first-order valence-corrected chi connectivity index (χ1v) is 3.54. The smallest absolute Gasteiger partial charge is 0.0442 e. The third-order valence-electron chi connectivity index (χ3n) is 1.12. The number of rotatable bonds is 3. The van der Waals surface area contributed by atoms with Gasteiger partial charge in [0.1, 0.15) is 0 Å². The van der Waals surface area contributed by atoms with Crippen molar-refractivity contribution in [2.45, 2.75) is 26.7 Å². The number of carboxylic acids is 1. The number of hydrogen-bond acceptors (Lipinski definition) is 3. The summed E-state index contributed by atoms with van der Waals surface area (Å²) < 4.78 is 0. The van der Waals surface area contributed by atoms with Crippen LogP contribution in [0.15, 0.2) is 0 Å². The molecule has 0 bridgehead atoms. The summed E-state index contributed by atoms with van der Waals surface area (Å²) in [5.74, 6) is -1.22. The van der Waals surface area contributed by atoms with Crippen LogP contribution in [0.1, 0.15) is 26.7 Å². The maximum atomic E-state index is 9.98. The van der Waals surface area contributed by atoms with Crippen LogP contribution in [0.4, 0.5) is 0 Å². The van der Waals surface area contributed by atoms with Crippen molar-refractivity contribution in [2.75, 3.05) is 0 Å². The molecule has 4 heteroatoms. The molecule has 62 valence electrons. The van der Waals surface area contributed by atoms with Crippen molar-refractivity contribution >= 4 is 17.7 Å². The van der Waals surface area contributed by atoms with Crippen LogP contribution in [-0.4, -0.2) is 5.97 Å². The van der Waals surface area contributed by atoms with Crippen LogP contribution in [0, 0.1) is 5.92 Å². The first-order valence-electron chi connectivity index (χ1n) is 3.11. The molecule has 1 atom stereocenters. The highest BCUT2D eigenvalue weighted by Gasteiger charge is 1.97. The van der Waals surface area contributed by atoms with Crippen LogP contribution < -0.4 is 10.4 Å². The summed E-state index contributed by atoms with van der Waals surface area (Å²) in [6, 6.07) is 0. The number of halogens is 1. The Balaban J connectivity index is 0. The quantitative estimate of drug-likeness (QED) is 0.613. The van der Waals surface area contributed by atoms with E-state index < -0.39 is 5.97 Å². The average Bonchev–Trinajstić information content (AvgIpc) is 1.93. The van der Waals surface area contributed by atoms with Gasteiger partial charge < -0.3 is 9.90 Å². The molecule has 0 radical (unpaired) electrons. The Labute approximate surface area is 66.3 Å². The summed E-state index contributed by atoms with van der Waals surface area (Å²) in [6.07, 6.45) is 1.64. The molecule has 10 heavy (non-hydrogen) atoms. The highest BCUT2D eigenvalue weighted by atomic mass is 35.5. The van der Waals surface area contributed by atoms with Gasteiger partial charge in [0.05, 0.1) is 0 Å². The molecule has 0 spiro atoms. The topological polar surface area (TPSA) is 66.1 Å². The van der Waals surface area contributed by atoms with Gasteiger partial charge in [-0.2, -0.15) is 0 Å². The van der Waals surface area contributed by atoms with E-state index in [-0.39, 0.29) is 5.92 Å². The number of nitrogens with two attached hydrogens (primary N) is 1. The van der Waals surface area contributed by atoms with Crippen LogP contribution in [-0.2, 0) is 4.79 Å². The molecule has 0 aromatic rings. The van der Waals surface area contributed by atoms with E-state index in [9.17, 15) is 9.90 Å². The molecule has 0 aromatic carbocycles. The van der Waals surface area contributed by atoms with Gasteiger partial charge in [0.25, 0.3) is 0 Å². The minimum absolute atomic E-state index is 0.278. The summed E-state index contributed by atoms with van der Waals surface area (Å²) in [4.78, 5) is 9.98. The normalized spacial score (nSPS) is 11.2. The zero-order valence-electron chi connectivity index (χ0n) is 6.26. The van der Waals surface area contributed by atoms with E-state index in [0.29, 0.717) is 0 Å². The lowest BCUT2D eigenvalue weighted by molar-refractivity contribution is -0.311. The van der Waals surface area contributed by atoms with Crippen molar-refractivity contribution in [3.05, 3.63) is 0 Å². The van der Waals surface area contributed by atoms with Gasteiger partial charge in [0.15, 0.2) is 0 Å². The van der Waals surface area contributed by atoms with Crippen molar-refractivity contribution in [3.63, 3.8) is 0 Å². The minimum Gasteiger partial charge on any atom is -0.550 e. The van der Waals surface area contributed by atoms with E-state index in [1.807, 2.05) is 6.92 Å². The van der Waals surface area contributed by atoms with Crippen molar-refractivity contribution < 1.29 is 9.90 Å². The highest BCUT2D eigenvalue weighted by molar-refractivity contribution is 6.11. The molecular weight excluding hydrogens is 154 g/mol. The summed E-state index contributed by atoms with van der Waals surface area (Å²) in [6.45, 7) is 3.62. The molecule has 0 amide bonds. The number of hydrogen-bond donors (Lipinski definition) is 1. The fraction of sp³-hybridized carbons (Fsp3) is 0.833. The molecule has 0 saturated carbocycles. The van der Waals surface area contributed by atoms with E-state index >= 15 is 0 Å². The van der Waals surface area contributed by atoms with Crippen molar-refractivity contribution in [3.8, 4) is 0 Å². The Morgan fingerprint density at radius 2 is 2.10 bits per heavy atom. The third kappa shape index (κ3) is 7.72. The SMILES string of the molecule is CCCC(C)C(=O)[O-].NCl. The minimum atomic E-state index is -0.938. The Kier molecular flexibility index (Phi) is 10.8. The van der Waals surface area contributed by atoms with Crippen LogP contribution in [0.2, 0.25) is 0 Å². The molecule has 0 heterocycles. The second-order valence-corrected chi connectivity index (χ2v) is 2.01. The van der Waals surface area contributed by atoms with Gasteiger partial charge in [-0.1, -0.05) is 20.3 Å². The fourth-order valence-corrected chi connectivity index (χ4v) is 0.551. The van der Waals surface area contributed by atoms with Gasteiger partial charge in [-0.3, -0.25) is 0 Å². The third-order valence-corrected chi connectivity index (χ3v) is 1.12. The molecule has 0 aromatic heterocycles. The van der Waals surface area contributed by atoms with Crippen molar-refractivity contribution in [1.29, 1.82) is 0 Å². The standard InChI is InChI=1S/C6H12O2.ClH2N/c1-3-4-5(2)6(7)8;1-2/h5H,3-4H2,1-2H3,(H,7,8);2H2/p-1. The number of carboxylic acid groups (broad SMARTS) is 1. The molecule has 2 N–H and O–H groups in total. The number of carbonyl (C=O) groups is 1. The van der Waals surface area contributed by atoms with Gasteiger partial charge in [-0.15, -0.1) is 0 Å². The molecule has 0 aliphatic heterocycles. The summed E-state index contributed by atoms with van der Waals surface area (Å²) >= 11 is 4.14. The molecule has 1 unspecified atom stereocenters. The van der Waals surface area contributed by atoms with E-state index in [0.717, 1.165) is 12.8 Å². The predicted octanol–water partition coefficient (Wildman–Crippen LogP) is 0.271. The second kappa shape index (κ2) is 8.72. The summed E-state index contributed by atoms with van der Waals surface area (Å²) in [7, 11) is 0. The Bertz CT molecular complexity index is 87.8. The van der Waals surface area contributed by atoms with Gasteiger partial charge >= 0.3 is 0 Å². The first kappa shape index (κ1) is 12.4. The van der Waals surface area contributed by atoms with Crippen LogP contribution >= 0.6 is 11.8 Å². The highest BCUT2D eigenvalue weighted by Crippen LogP contribution is 2.01. The average molecular weight is 167 g/mol. The zero-order valence-corrected chi connectivity index (χ0v) is 7.02. The van der Waals surface area contributed by atoms with Gasteiger partial charge in [-0.25, -0.2) is 5.25 Å². The van der Waals surface area contributed by atoms with Gasteiger partial charge in [0, 0.05) is 5.97 Å². The molecular formula is C6H13ClNO2-. The lowest BCUT2D eigenvalue weighted by Crippen LogP contribution is -2.29. The molecule has 0 aliphatic rings. The molecule has 0 rings (SSSR count). The first-order chi connectivity index (χ1) is 4.68. The van der Waals surface area contributed by atoms with Crippen LogP contribution in [0.3, 0.4) is 0 Å². The fourth-order valence-electron chi connectivity index (χ4n) is 0.551. The zero-order chi connectivity index (χ0) is 8.57. The van der Waals surface area contributed by atoms with E-state index in [1.165, 1.54) is 0 Å². The predicted molar refractivity (Wildman–Crippen MR) is 39.1 cm³/mol. The second-order valence-electron chi connectivity index (χ2n) is 2.01. The molecule has 0 fully saturated rings. The van der Waals surface area contributed by atoms with E-state index in [4.69, 9.17) is 0 Å². The van der Waals surface area contributed by atoms with Crippen molar-refractivity contribution in [1.82, 2.24) is 0 Å². The van der Waals surface area contributed by atoms with E-state index in [2.05, 4.69) is 17.0 Å².